The van der Waals surface area contributed by atoms with Crippen LogP contribution in [0.15, 0.2) is 35.4 Å². The minimum absolute atomic E-state index is 0.398. The number of urea groups is 1. The van der Waals surface area contributed by atoms with Gasteiger partial charge in [0.05, 0.1) is 5.54 Å². The summed E-state index contributed by atoms with van der Waals surface area (Å²) in [5.41, 5.74) is 0.936. The van der Waals surface area contributed by atoms with E-state index in [0.717, 1.165) is 5.71 Å². The predicted octanol–water partition coefficient (Wildman–Crippen LogP) is 2.40. The first-order chi connectivity index (χ1) is 8.90. The van der Waals surface area contributed by atoms with Crippen LogP contribution in [0.2, 0.25) is 0 Å². The second-order valence-corrected chi connectivity index (χ2v) is 5.26. The Labute approximate surface area is 112 Å². The first kappa shape index (κ1) is 13.3. The quantitative estimate of drug-likeness (QED) is 0.841. The Morgan fingerprint density at radius 2 is 1.89 bits per heavy atom. The van der Waals surface area contributed by atoms with Crippen LogP contribution in [0.25, 0.3) is 0 Å². The Hall–Kier alpha value is -2.17. The van der Waals surface area contributed by atoms with E-state index < -0.39 is 17.5 Å². The van der Waals surface area contributed by atoms with E-state index in [1.807, 2.05) is 26.8 Å². The molecule has 1 aliphatic rings. The van der Waals surface area contributed by atoms with Crippen molar-refractivity contribution in [3.63, 3.8) is 0 Å². The van der Waals surface area contributed by atoms with E-state index in [2.05, 4.69) is 10.4 Å². The fraction of sp³-hybridized carbons (Fsp3) is 0.357. The minimum Gasteiger partial charge on any atom is -0.272 e. The van der Waals surface area contributed by atoms with Crippen molar-refractivity contribution in [2.45, 2.75) is 32.7 Å². The van der Waals surface area contributed by atoms with Crippen molar-refractivity contribution in [3.8, 4) is 0 Å². The minimum atomic E-state index is -0.490. The number of carbonyl (C=O) groups excluding carboxylic acids is 2. The van der Waals surface area contributed by atoms with Gasteiger partial charge in [0.15, 0.2) is 0 Å². The summed E-state index contributed by atoms with van der Waals surface area (Å²) in [7, 11) is 0. The number of hydrogen-bond acceptors (Lipinski definition) is 3. The van der Waals surface area contributed by atoms with Crippen LogP contribution in [0.3, 0.4) is 0 Å². The molecule has 0 aromatic heterocycles. The number of carbonyl (C=O) groups is 2. The van der Waals surface area contributed by atoms with Gasteiger partial charge in [0.1, 0.15) is 0 Å². The summed E-state index contributed by atoms with van der Waals surface area (Å²) < 4.78 is 0. The molecule has 19 heavy (non-hydrogen) atoms. The average Bonchev–Trinajstić information content (AvgIpc) is 2.63. The van der Waals surface area contributed by atoms with Crippen molar-refractivity contribution in [3.05, 3.63) is 35.9 Å². The summed E-state index contributed by atoms with van der Waals surface area (Å²) >= 11 is 0. The van der Waals surface area contributed by atoms with Crippen LogP contribution < -0.4 is 5.32 Å². The van der Waals surface area contributed by atoms with Crippen LogP contribution in [0.5, 0.6) is 0 Å². The highest BCUT2D eigenvalue weighted by Gasteiger charge is 2.37. The molecule has 0 unspecified atom stereocenters. The standard InChI is InChI=1S/C14H17N3O2/c1-10-9-14(2,3)17(16-10)13(19)15-12(18)11-7-5-4-6-8-11/h4-8H,9H2,1-3H3,(H,15,18,19). The Morgan fingerprint density at radius 3 is 2.42 bits per heavy atom. The molecule has 2 rings (SSSR count). The molecule has 3 amide bonds. The highest BCUT2D eigenvalue weighted by molar-refractivity contribution is 6.04. The van der Waals surface area contributed by atoms with E-state index in [-0.39, 0.29) is 0 Å². The number of amides is 3. The van der Waals surface area contributed by atoms with Crippen molar-refractivity contribution in [1.82, 2.24) is 10.3 Å². The summed E-state index contributed by atoms with van der Waals surface area (Å²) in [4.78, 5) is 24.0. The molecular formula is C14H17N3O2. The van der Waals surface area contributed by atoms with Gasteiger partial charge in [-0.3, -0.25) is 10.1 Å². The van der Waals surface area contributed by atoms with Crippen LogP contribution in [-0.4, -0.2) is 28.2 Å². The lowest BCUT2D eigenvalue weighted by atomic mass is 9.99. The normalized spacial score (nSPS) is 17.0. The number of imide groups is 1. The lowest BCUT2D eigenvalue weighted by Crippen LogP contribution is -2.47. The first-order valence-electron chi connectivity index (χ1n) is 6.15. The molecular weight excluding hydrogens is 242 g/mol. The van der Waals surface area contributed by atoms with E-state index in [1.54, 1.807) is 24.3 Å². The zero-order valence-electron chi connectivity index (χ0n) is 11.3. The van der Waals surface area contributed by atoms with Crippen LogP contribution in [0.4, 0.5) is 4.79 Å². The topological polar surface area (TPSA) is 61.8 Å². The SMILES string of the molecule is CC1=NN(C(=O)NC(=O)c2ccccc2)C(C)(C)C1. The summed E-state index contributed by atoms with van der Waals surface area (Å²) in [5.74, 6) is -0.416. The average molecular weight is 259 g/mol. The summed E-state index contributed by atoms with van der Waals surface area (Å²) in [6, 6.07) is 8.15. The molecule has 5 nitrogen and oxygen atoms in total. The first-order valence-corrected chi connectivity index (χ1v) is 6.15. The summed E-state index contributed by atoms with van der Waals surface area (Å²) in [6.45, 7) is 5.70. The molecule has 0 bridgehead atoms. The number of rotatable bonds is 1. The highest BCUT2D eigenvalue weighted by atomic mass is 16.2. The zero-order valence-corrected chi connectivity index (χ0v) is 11.3. The molecule has 1 N–H and O–H groups in total. The monoisotopic (exact) mass is 259 g/mol. The van der Waals surface area contributed by atoms with E-state index in [9.17, 15) is 9.59 Å². The predicted molar refractivity (Wildman–Crippen MR) is 72.9 cm³/mol. The van der Waals surface area contributed by atoms with Gasteiger partial charge in [-0.15, -0.1) is 0 Å². The van der Waals surface area contributed by atoms with Gasteiger partial charge in [-0.2, -0.15) is 5.10 Å². The largest absolute Gasteiger partial charge is 0.345 e. The number of hydrogen-bond donors (Lipinski definition) is 1. The maximum Gasteiger partial charge on any atom is 0.345 e. The van der Waals surface area contributed by atoms with Gasteiger partial charge in [-0.05, 0) is 32.9 Å². The zero-order chi connectivity index (χ0) is 14.0. The summed E-state index contributed by atoms with van der Waals surface area (Å²) in [5, 5.41) is 7.87. The van der Waals surface area contributed by atoms with Gasteiger partial charge >= 0.3 is 6.03 Å². The van der Waals surface area contributed by atoms with Gasteiger partial charge < -0.3 is 0 Å². The molecule has 0 fully saturated rings. The highest BCUT2D eigenvalue weighted by Crippen LogP contribution is 2.26. The van der Waals surface area contributed by atoms with Gasteiger partial charge in [0.25, 0.3) is 5.91 Å². The molecule has 1 heterocycles. The fourth-order valence-corrected chi connectivity index (χ4v) is 2.17. The molecule has 0 spiro atoms. The molecule has 0 radical (unpaired) electrons. The van der Waals surface area contributed by atoms with E-state index >= 15 is 0 Å². The van der Waals surface area contributed by atoms with Crippen molar-refractivity contribution in [2.75, 3.05) is 0 Å². The van der Waals surface area contributed by atoms with Crippen molar-refractivity contribution < 1.29 is 9.59 Å². The number of hydrazone groups is 1. The van der Waals surface area contributed by atoms with Crippen LogP contribution in [-0.2, 0) is 0 Å². The lowest BCUT2D eigenvalue weighted by molar-refractivity contribution is 0.0935. The van der Waals surface area contributed by atoms with Gasteiger partial charge in [-0.1, -0.05) is 18.2 Å². The van der Waals surface area contributed by atoms with Crippen molar-refractivity contribution in [1.29, 1.82) is 0 Å². The van der Waals surface area contributed by atoms with Gasteiger partial charge in [-0.25, -0.2) is 9.80 Å². The lowest BCUT2D eigenvalue weighted by Gasteiger charge is -2.28. The second-order valence-electron chi connectivity index (χ2n) is 5.26. The Bertz CT molecular complexity index is 535. The molecule has 1 aromatic carbocycles. The number of nitrogens with one attached hydrogen (secondary N) is 1. The molecule has 0 saturated heterocycles. The Morgan fingerprint density at radius 1 is 1.26 bits per heavy atom. The van der Waals surface area contributed by atoms with Gasteiger partial charge in [0, 0.05) is 17.7 Å². The number of nitrogens with zero attached hydrogens (tertiary/aromatic N) is 2. The molecule has 0 saturated carbocycles. The van der Waals surface area contributed by atoms with E-state index in [4.69, 9.17) is 0 Å². The fourth-order valence-electron chi connectivity index (χ4n) is 2.17. The van der Waals surface area contributed by atoms with Crippen molar-refractivity contribution in [2.24, 2.45) is 5.10 Å². The molecule has 5 heteroatoms. The Kier molecular flexibility index (Phi) is 3.38. The van der Waals surface area contributed by atoms with E-state index in [1.165, 1.54) is 5.01 Å². The third-order valence-corrected chi connectivity index (χ3v) is 2.98. The third-order valence-electron chi connectivity index (χ3n) is 2.98. The molecule has 100 valence electrons. The summed E-state index contributed by atoms with van der Waals surface area (Å²) in [6.07, 6.45) is 0.708. The van der Waals surface area contributed by atoms with Crippen LogP contribution in [0.1, 0.15) is 37.6 Å². The number of benzene rings is 1. The molecule has 0 atom stereocenters. The Balaban J connectivity index is 2.08. The molecule has 1 aliphatic heterocycles. The van der Waals surface area contributed by atoms with Gasteiger partial charge in [0.2, 0.25) is 0 Å². The second kappa shape index (κ2) is 4.84. The third kappa shape index (κ3) is 2.81. The maximum absolute atomic E-state index is 12.1. The van der Waals surface area contributed by atoms with Crippen LogP contribution >= 0.6 is 0 Å². The van der Waals surface area contributed by atoms with Crippen molar-refractivity contribution >= 4 is 17.6 Å². The van der Waals surface area contributed by atoms with E-state index in [0.29, 0.717) is 12.0 Å². The smallest absolute Gasteiger partial charge is 0.272 e. The van der Waals surface area contributed by atoms with Crippen LogP contribution in [0, 0.1) is 0 Å². The maximum atomic E-state index is 12.1. The molecule has 1 aromatic rings. The molecule has 0 aliphatic carbocycles.